The maximum atomic E-state index is 5.81. The summed E-state index contributed by atoms with van der Waals surface area (Å²) in [6.07, 6.45) is 4.31. The number of nitrogens with zero attached hydrogens (tertiary/aromatic N) is 3. The smallest absolute Gasteiger partial charge is 0.0964 e. The highest BCUT2D eigenvalue weighted by Gasteiger charge is 2.36. The van der Waals surface area contributed by atoms with Gasteiger partial charge in [-0.2, -0.15) is 15.4 Å². The Kier molecular flexibility index (Phi) is 3.58. The van der Waals surface area contributed by atoms with E-state index in [9.17, 15) is 0 Å². The summed E-state index contributed by atoms with van der Waals surface area (Å²) in [7, 11) is 0. The number of aromatic nitrogens is 3. The summed E-state index contributed by atoms with van der Waals surface area (Å²) in [4.78, 5) is 2.44. The number of ether oxygens (including phenoxy) is 1. The average Bonchev–Trinajstić information content (AvgIpc) is 2.81. The van der Waals surface area contributed by atoms with Gasteiger partial charge in [0.05, 0.1) is 25.1 Å². The van der Waals surface area contributed by atoms with E-state index in [0.29, 0.717) is 5.41 Å². The van der Waals surface area contributed by atoms with Gasteiger partial charge in [0.2, 0.25) is 0 Å². The van der Waals surface area contributed by atoms with Crippen LogP contribution in [-0.4, -0.2) is 59.7 Å². The van der Waals surface area contributed by atoms with Crippen LogP contribution in [0.2, 0.25) is 0 Å². The van der Waals surface area contributed by atoms with Crippen molar-refractivity contribution in [1.29, 1.82) is 0 Å². The molecule has 1 aromatic rings. The second-order valence-corrected chi connectivity index (χ2v) is 5.50. The molecule has 0 bridgehead atoms. The molecule has 1 atom stereocenters. The standard InChI is InChI=1S/C12H21N5O/c1-2-12(8-13-3-1)9-17(4-5-18-10-12)7-11-6-14-16-15-11/h6,13H,1-5,7-10H2,(H,14,15,16)/t12-/m0/s1. The highest BCUT2D eigenvalue weighted by atomic mass is 16.5. The van der Waals surface area contributed by atoms with Crippen LogP contribution < -0.4 is 5.32 Å². The van der Waals surface area contributed by atoms with Crippen molar-refractivity contribution < 1.29 is 4.74 Å². The van der Waals surface area contributed by atoms with Crippen molar-refractivity contribution in [2.24, 2.45) is 5.41 Å². The quantitative estimate of drug-likeness (QED) is 0.775. The highest BCUT2D eigenvalue weighted by Crippen LogP contribution is 2.29. The van der Waals surface area contributed by atoms with Gasteiger partial charge >= 0.3 is 0 Å². The molecule has 1 spiro atoms. The Labute approximate surface area is 107 Å². The molecule has 0 saturated carbocycles. The summed E-state index contributed by atoms with van der Waals surface area (Å²) in [6, 6.07) is 0. The molecule has 0 unspecified atom stereocenters. The molecular weight excluding hydrogens is 230 g/mol. The van der Waals surface area contributed by atoms with Gasteiger partial charge in [-0.15, -0.1) is 0 Å². The van der Waals surface area contributed by atoms with Gasteiger partial charge in [0.15, 0.2) is 0 Å². The monoisotopic (exact) mass is 251 g/mol. The van der Waals surface area contributed by atoms with Crippen LogP contribution in [0.1, 0.15) is 18.5 Å². The third kappa shape index (κ3) is 2.71. The van der Waals surface area contributed by atoms with Gasteiger partial charge in [-0.05, 0) is 19.4 Å². The lowest BCUT2D eigenvalue weighted by atomic mass is 9.81. The fourth-order valence-corrected chi connectivity index (χ4v) is 3.04. The molecule has 2 N–H and O–H groups in total. The number of hydrogen-bond donors (Lipinski definition) is 2. The molecule has 2 fully saturated rings. The van der Waals surface area contributed by atoms with Gasteiger partial charge in [0.1, 0.15) is 0 Å². The van der Waals surface area contributed by atoms with E-state index in [1.54, 1.807) is 6.20 Å². The molecule has 18 heavy (non-hydrogen) atoms. The lowest BCUT2D eigenvalue weighted by Gasteiger charge is -2.38. The third-order valence-electron chi connectivity index (χ3n) is 3.93. The van der Waals surface area contributed by atoms with E-state index in [1.165, 1.54) is 12.8 Å². The maximum absolute atomic E-state index is 5.81. The second kappa shape index (κ2) is 5.34. The summed E-state index contributed by atoms with van der Waals surface area (Å²) in [6.45, 7) is 6.85. The molecule has 6 nitrogen and oxygen atoms in total. The van der Waals surface area contributed by atoms with Gasteiger partial charge in [-0.3, -0.25) is 4.90 Å². The number of hydrogen-bond acceptors (Lipinski definition) is 5. The van der Waals surface area contributed by atoms with Crippen molar-refractivity contribution in [3.05, 3.63) is 11.9 Å². The second-order valence-electron chi connectivity index (χ2n) is 5.50. The Bertz CT molecular complexity index is 361. The van der Waals surface area contributed by atoms with E-state index < -0.39 is 0 Å². The minimum absolute atomic E-state index is 0.290. The molecule has 2 aliphatic rings. The molecule has 0 aliphatic carbocycles. The van der Waals surface area contributed by atoms with Crippen molar-refractivity contribution in [2.75, 3.05) is 39.4 Å². The number of H-pyrrole nitrogens is 1. The Balaban J connectivity index is 1.66. The minimum atomic E-state index is 0.290. The van der Waals surface area contributed by atoms with Crippen LogP contribution in [0.4, 0.5) is 0 Å². The lowest BCUT2D eigenvalue weighted by molar-refractivity contribution is 0.0487. The zero-order valence-electron chi connectivity index (χ0n) is 10.7. The number of nitrogens with one attached hydrogen (secondary N) is 2. The zero-order chi connectivity index (χ0) is 12.3. The first-order valence-electron chi connectivity index (χ1n) is 6.72. The van der Waals surface area contributed by atoms with E-state index in [4.69, 9.17) is 4.74 Å². The Hall–Kier alpha value is -0.980. The predicted octanol–water partition coefficient (Wildman–Crippen LogP) is 0.00670. The van der Waals surface area contributed by atoms with E-state index >= 15 is 0 Å². The van der Waals surface area contributed by atoms with Crippen LogP contribution in [0.3, 0.4) is 0 Å². The normalized spacial score (nSPS) is 30.4. The minimum Gasteiger partial charge on any atom is -0.379 e. The summed E-state index contributed by atoms with van der Waals surface area (Å²) in [5.41, 5.74) is 1.30. The van der Waals surface area contributed by atoms with Crippen molar-refractivity contribution in [3.8, 4) is 0 Å². The predicted molar refractivity (Wildman–Crippen MR) is 67.0 cm³/mol. The molecule has 1 aromatic heterocycles. The molecule has 3 heterocycles. The summed E-state index contributed by atoms with van der Waals surface area (Å²) in [5, 5.41) is 14.2. The fourth-order valence-electron chi connectivity index (χ4n) is 3.04. The average molecular weight is 251 g/mol. The van der Waals surface area contributed by atoms with Crippen molar-refractivity contribution in [3.63, 3.8) is 0 Å². The van der Waals surface area contributed by atoms with Crippen LogP contribution in [0.15, 0.2) is 6.20 Å². The Morgan fingerprint density at radius 1 is 1.50 bits per heavy atom. The number of rotatable bonds is 2. The molecule has 2 aliphatic heterocycles. The Morgan fingerprint density at radius 3 is 3.28 bits per heavy atom. The molecular formula is C12H21N5O. The van der Waals surface area contributed by atoms with Gasteiger partial charge in [0, 0.05) is 31.6 Å². The SMILES string of the molecule is c1n[nH]nc1CN1CCOC[C@]2(CCCNC2)C1. The molecule has 0 amide bonds. The largest absolute Gasteiger partial charge is 0.379 e. The summed E-state index contributed by atoms with van der Waals surface area (Å²) < 4.78 is 5.81. The lowest BCUT2D eigenvalue weighted by Crippen LogP contribution is -2.48. The van der Waals surface area contributed by atoms with Crippen molar-refractivity contribution >= 4 is 0 Å². The van der Waals surface area contributed by atoms with E-state index in [1.807, 2.05) is 0 Å². The molecule has 2 saturated heterocycles. The molecule has 100 valence electrons. The summed E-state index contributed by atoms with van der Waals surface area (Å²) >= 11 is 0. The van der Waals surface area contributed by atoms with Gasteiger partial charge in [-0.1, -0.05) is 0 Å². The maximum Gasteiger partial charge on any atom is 0.0964 e. The topological polar surface area (TPSA) is 66.1 Å². The van der Waals surface area contributed by atoms with Crippen LogP contribution in [0.5, 0.6) is 0 Å². The van der Waals surface area contributed by atoms with Crippen LogP contribution >= 0.6 is 0 Å². The van der Waals surface area contributed by atoms with Crippen LogP contribution in [0, 0.1) is 5.41 Å². The third-order valence-corrected chi connectivity index (χ3v) is 3.93. The van der Waals surface area contributed by atoms with Crippen LogP contribution in [-0.2, 0) is 11.3 Å². The van der Waals surface area contributed by atoms with E-state index in [2.05, 4.69) is 25.6 Å². The fraction of sp³-hybridized carbons (Fsp3) is 0.833. The van der Waals surface area contributed by atoms with Gasteiger partial charge in [-0.25, -0.2) is 0 Å². The van der Waals surface area contributed by atoms with Crippen LogP contribution in [0.25, 0.3) is 0 Å². The molecule has 0 aromatic carbocycles. The summed E-state index contributed by atoms with van der Waals surface area (Å²) in [5.74, 6) is 0. The van der Waals surface area contributed by atoms with E-state index in [0.717, 1.165) is 51.6 Å². The first-order chi connectivity index (χ1) is 8.86. The number of aromatic amines is 1. The molecule has 6 heteroatoms. The van der Waals surface area contributed by atoms with E-state index in [-0.39, 0.29) is 0 Å². The van der Waals surface area contributed by atoms with Crippen molar-refractivity contribution in [2.45, 2.75) is 19.4 Å². The number of piperidine rings is 1. The highest BCUT2D eigenvalue weighted by molar-refractivity contribution is 4.94. The van der Waals surface area contributed by atoms with Crippen molar-refractivity contribution in [1.82, 2.24) is 25.6 Å². The zero-order valence-corrected chi connectivity index (χ0v) is 10.7. The molecule has 3 rings (SSSR count). The molecule has 0 radical (unpaired) electrons. The first-order valence-corrected chi connectivity index (χ1v) is 6.72. The van der Waals surface area contributed by atoms with Gasteiger partial charge in [0.25, 0.3) is 0 Å². The van der Waals surface area contributed by atoms with Gasteiger partial charge < -0.3 is 10.1 Å². The first kappa shape index (κ1) is 12.1. The Morgan fingerprint density at radius 2 is 2.50 bits per heavy atom.